The van der Waals surface area contributed by atoms with Gasteiger partial charge in [-0.05, 0) is 25.8 Å². The first-order valence-corrected chi connectivity index (χ1v) is 10.2. The lowest BCUT2D eigenvalue weighted by atomic mass is 10.0. The molecule has 0 N–H and O–H groups in total. The molecule has 1 fully saturated rings. The van der Waals surface area contributed by atoms with Crippen molar-refractivity contribution in [2.45, 2.75) is 50.0 Å². The van der Waals surface area contributed by atoms with E-state index >= 15 is 0 Å². The number of thiazole rings is 1. The van der Waals surface area contributed by atoms with E-state index < -0.39 is 0 Å². The van der Waals surface area contributed by atoms with Gasteiger partial charge < -0.3 is 0 Å². The molecule has 0 saturated heterocycles. The van der Waals surface area contributed by atoms with Crippen molar-refractivity contribution in [3.05, 3.63) is 38.6 Å². The van der Waals surface area contributed by atoms with Crippen molar-refractivity contribution in [2.24, 2.45) is 0 Å². The minimum Gasteiger partial charge on any atom is -0.240 e. The Bertz CT molecular complexity index is 603. The number of nitrogens with zero attached hydrogens (tertiary/aromatic N) is 1. The summed E-state index contributed by atoms with van der Waals surface area (Å²) in [5.41, 5.74) is 2.35. The van der Waals surface area contributed by atoms with Crippen LogP contribution in [0.15, 0.2) is 28.7 Å². The summed E-state index contributed by atoms with van der Waals surface area (Å²) in [4.78, 5) is 6.21. The summed E-state index contributed by atoms with van der Waals surface area (Å²) in [6, 6.07) is 8.36. The van der Waals surface area contributed by atoms with Crippen LogP contribution in [0.2, 0.25) is 0 Å². The zero-order chi connectivity index (χ0) is 14.7. The molecule has 0 bridgehead atoms. The molecule has 1 nitrogen and oxygen atoms in total. The zero-order valence-corrected chi connectivity index (χ0v) is 15.5. The molecule has 1 aromatic carbocycles. The summed E-state index contributed by atoms with van der Waals surface area (Å²) >= 11 is 7.60. The number of benzene rings is 1. The van der Waals surface area contributed by atoms with Crippen LogP contribution in [0.5, 0.6) is 0 Å². The maximum Gasteiger partial charge on any atom is 0.103 e. The van der Waals surface area contributed by atoms with Crippen molar-refractivity contribution in [3.63, 3.8) is 0 Å². The summed E-state index contributed by atoms with van der Waals surface area (Å²) in [6.45, 7) is 2.18. The molecule has 4 heteroatoms. The number of aromatic nitrogens is 1. The number of rotatable bonds is 4. The van der Waals surface area contributed by atoms with Crippen molar-refractivity contribution >= 4 is 39.0 Å². The highest BCUT2D eigenvalue weighted by Gasteiger charge is 2.16. The molecule has 1 heterocycles. The molecule has 1 aliphatic rings. The molecule has 1 aliphatic carbocycles. The van der Waals surface area contributed by atoms with Crippen LogP contribution in [0.3, 0.4) is 0 Å². The van der Waals surface area contributed by atoms with Gasteiger partial charge in [0, 0.05) is 25.9 Å². The van der Waals surface area contributed by atoms with Crippen molar-refractivity contribution in [3.8, 4) is 11.3 Å². The van der Waals surface area contributed by atoms with E-state index in [2.05, 4.69) is 58.9 Å². The van der Waals surface area contributed by atoms with Crippen molar-refractivity contribution in [1.29, 1.82) is 0 Å². The summed E-state index contributed by atoms with van der Waals surface area (Å²) < 4.78 is 1.13. The Hall–Kier alpha value is -0.320. The Morgan fingerprint density at radius 1 is 1.24 bits per heavy atom. The first-order valence-electron chi connectivity index (χ1n) is 7.57. The van der Waals surface area contributed by atoms with E-state index in [0.29, 0.717) is 0 Å². The van der Waals surface area contributed by atoms with E-state index in [1.165, 1.54) is 47.6 Å². The van der Waals surface area contributed by atoms with Gasteiger partial charge in [0.1, 0.15) is 5.01 Å². The zero-order valence-electron chi connectivity index (χ0n) is 12.3. The van der Waals surface area contributed by atoms with Gasteiger partial charge in [-0.3, -0.25) is 0 Å². The lowest BCUT2D eigenvalue weighted by Crippen LogP contribution is -2.08. The van der Waals surface area contributed by atoms with E-state index in [0.717, 1.165) is 21.2 Å². The Labute approximate surface area is 143 Å². The molecule has 0 aliphatic heterocycles. The predicted molar refractivity (Wildman–Crippen MR) is 98.2 cm³/mol. The molecule has 0 spiro atoms. The fourth-order valence-corrected chi connectivity index (χ4v) is 5.60. The molecule has 0 radical (unpaired) electrons. The number of aryl methyl sites for hydroxylation is 1. The van der Waals surface area contributed by atoms with Crippen LogP contribution in [0.25, 0.3) is 11.3 Å². The highest BCUT2D eigenvalue weighted by Crippen LogP contribution is 2.36. The maximum absolute atomic E-state index is 4.89. The topological polar surface area (TPSA) is 12.9 Å². The van der Waals surface area contributed by atoms with Crippen LogP contribution in [0.4, 0.5) is 0 Å². The smallest absolute Gasteiger partial charge is 0.103 e. The average Bonchev–Trinajstić information content (AvgIpc) is 2.88. The van der Waals surface area contributed by atoms with Gasteiger partial charge in [0.25, 0.3) is 0 Å². The number of hydrogen-bond donors (Lipinski definition) is 0. The van der Waals surface area contributed by atoms with Gasteiger partial charge in [-0.2, -0.15) is 11.8 Å². The van der Waals surface area contributed by atoms with Gasteiger partial charge in [0.15, 0.2) is 0 Å². The SMILES string of the molecule is Cc1sc(CSC2CCCCC2)nc1-c1ccccc1Br. The van der Waals surface area contributed by atoms with Gasteiger partial charge in [-0.25, -0.2) is 4.98 Å². The fraction of sp³-hybridized carbons (Fsp3) is 0.471. The number of halogens is 1. The lowest BCUT2D eigenvalue weighted by Gasteiger charge is -2.20. The van der Waals surface area contributed by atoms with Gasteiger partial charge in [-0.1, -0.05) is 53.4 Å². The minimum atomic E-state index is 0.856. The molecule has 0 unspecified atom stereocenters. The van der Waals surface area contributed by atoms with Gasteiger partial charge in [-0.15, -0.1) is 11.3 Å². The largest absolute Gasteiger partial charge is 0.240 e. The van der Waals surface area contributed by atoms with Crippen molar-refractivity contribution in [2.75, 3.05) is 0 Å². The third-order valence-electron chi connectivity index (χ3n) is 3.96. The minimum absolute atomic E-state index is 0.856. The first-order chi connectivity index (χ1) is 10.2. The third kappa shape index (κ3) is 3.91. The lowest BCUT2D eigenvalue weighted by molar-refractivity contribution is 0.516. The van der Waals surface area contributed by atoms with Crippen LogP contribution >= 0.6 is 39.0 Å². The van der Waals surface area contributed by atoms with Crippen molar-refractivity contribution < 1.29 is 0 Å². The molecule has 1 saturated carbocycles. The van der Waals surface area contributed by atoms with Gasteiger partial charge >= 0.3 is 0 Å². The molecule has 0 atom stereocenters. The van der Waals surface area contributed by atoms with Crippen LogP contribution in [0, 0.1) is 6.92 Å². The molecule has 21 heavy (non-hydrogen) atoms. The standard InChI is InChI=1S/C17H20BrNS2/c1-12-17(14-9-5-6-10-15(14)18)19-16(21-12)11-20-13-7-3-2-4-8-13/h5-6,9-10,13H,2-4,7-8,11H2,1H3. The molecule has 112 valence electrons. The number of thioether (sulfide) groups is 1. The Morgan fingerprint density at radius 3 is 2.76 bits per heavy atom. The van der Waals surface area contributed by atoms with Crippen LogP contribution in [-0.2, 0) is 5.75 Å². The highest BCUT2D eigenvalue weighted by atomic mass is 79.9. The first kappa shape index (κ1) is 15.6. The van der Waals surface area contributed by atoms with E-state index in [1.54, 1.807) is 0 Å². The summed E-state index contributed by atoms with van der Waals surface area (Å²) in [7, 11) is 0. The molecular weight excluding hydrogens is 362 g/mol. The van der Waals surface area contributed by atoms with E-state index in [-0.39, 0.29) is 0 Å². The Kier molecular flexibility index (Phi) is 5.41. The predicted octanol–water partition coefficient (Wildman–Crippen LogP) is 6.45. The monoisotopic (exact) mass is 381 g/mol. The summed E-state index contributed by atoms with van der Waals surface area (Å²) in [5.74, 6) is 1.07. The molecule has 2 aromatic rings. The highest BCUT2D eigenvalue weighted by molar-refractivity contribution is 9.10. The van der Waals surface area contributed by atoms with Gasteiger partial charge in [0.05, 0.1) is 5.69 Å². The maximum atomic E-state index is 4.89. The van der Waals surface area contributed by atoms with E-state index in [4.69, 9.17) is 4.98 Å². The Morgan fingerprint density at radius 2 is 2.00 bits per heavy atom. The summed E-state index contributed by atoms with van der Waals surface area (Å²) in [6.07, 6.45) is 7.05. The second-order valence-electron chi connectivity index (χ2n) is 5.56. The average molecular weight is 382 g/mol. The van der Waals surface area contributed by atoms with Crippen LogP contribution in [0.1, 0.15) is 42.0 Å². The molecule has 3 rings (SSSR count). The summed E-state index contributed by atoms with van der Waals surface area (Å²) in [5, 5.41) is 2.13. The van der Waals surface area contributed by atoms with Crippen LogP contribution < -0.4 is 0 Å². The quantitative estimate of drug-likeness (QED) is 0.603. The molecular formula is C17H20BrNS2. The normalized spacial score (nSPS) is 16.3. The van der Waals surface area contributed by atoms with E-state index in [9.17, 15) is 0 Å². The third-order valence-corrected chi connectivity index (χ3v) is 7.19. The van der Waals surface area contributed by atoms with Crippen molar-refractivity contribution in [1.82, 2.24) is 4.98 Å². The van der Waals surface area contributed by atoms with Gasteiger partial charge in [0.2, 0.25) is 0 Å². The van der Waals surface area contributed by atoms with E-state index in [1.807, 2.05) is 11.3 Å². The van der Waals surface area contributed by atoms with Crippen LogP contribution in [-0.4, -0.2) is 10.2 Å². The molecule has 0 amide bonds. The second kappa shape index (κ2) is 7.30. The molecule has 1 aromatic heterocycles. The number of hydrogen-bond acceptors (Lipinski definition) is 3. The Balaban J connectivity index is 1.71. The second-order valence-corrected chi connectivity index (χ2v) is 8.99. The fourth-order valence-electron chi connectivity index (χ4n) is 2.84.